The van der Waals surface area contributed by atoms with Crippen molar-refractivity contribution in [3.8, 4) is 0 Å². The molecule has 1 aliphatic rings. The lowest BCUT2D eigenvalue weighted by molar-refractivity contribution is 0.0751. The molecule has 0 unspecified atom stereocenters. The SMILES string of the molecule is O=C(c1cccc(Cn2ccnc2)c1)N1CC[C@H](O)[C@@H](n2ccc(=O)[nH]c2=O)CC1. The van der Waals surface area contributed by atoms with E-state index in [9.17, 15) is 19.5 Å². The summed E-state index contributed by atoms with van der Waals surface area (Å²) < 4.78 is 3.27. The number of rotatable bonds is 4. The minimum absolute atomic E-state index is 0.107. The number of likely N-dealkylation sites (tertiary alicyclic amines) is 1. The maximum absolute atomic E-state index is 13.1. The Labute approximate surface area is 172 Å². The van der Waals surface area contributed by atoms with Crippen molar-refractivity contribution < 1.29 is 9.90 Å². The molecule has 0 bridgehead atoms. The van der Waals surface area contributed by atoms with Gasteiger partial charge in [-0.1, -0.05) is 12.1 Å². The largest absolute Gasteiger partial charge is 0.391 e. The maximum Gasteiger partial charge on any atom is 0.328 e. The topological polar surface area (TPSA) is 113 Å². The normalized spacial score (nSPS) is 19.4. The number of hydrogen-bond acceptors (Lipinski definition) is 5. The molecular weight excluding hydrogens is 386 g/mol. The first kappa shape index (κ1) is 19.8. The van der Waals surface area contributed by atoms with E-state index < -0.39 is 23.4 Å². The highest BCUT2D eigenvalue weighted by atomic mass is 16.3. The van der Waals surface area contributed by atoms with E-state index in [-0.39, 0.29) is 5.91 Å². The second-order valence-electron chi connectivity index (χ2n) is 7.46. The summed E-state index contributed by atoms with van der Waals surface area (Å²) in [4.78, 5) is 44.4. The minimum Gasteiger partial charge on any atom is -0.391 e. The molecule has 3 aromatic rings. The summed E-state index contributed by atoms with van der Waals surface area (Å²) in [5.74, 6) is -0.107. The number of nitrogens with one attached hydrogen (secondary N) is 1. The van der Waals surface area contributed by atoms with Crippen LogP contribution in [0.4, 0.5) is 0 Å². The number of carbonyl (C=O) groups excluding carboxylic acids is 1. The molecule has 9 heteroatoms. The van der Waals surface area contributed by atoms with E-state index >= 15 is 0 Å². The fourth-order valence-corrected chi connectivity index (χ4v) is 3.87. The monoisotopic (exact) mass is 409 g/mol. The van der Waals surface area contributed by atoms with Crippen LogP contribution >= 0.6 is 0 Å². The number of carbonyl (C=O) groups is 1. The van der Waals surface area contributed by atoms with Gasteiger partial charge in [-0.25, -0.2) is 9.78 Å². The highest BCUT2D eigenvalue weighted by Crippen LogP contribution is 2.23. The molecule has 2 atom stereocenters. The summed E-state index contributed by atoms with van der Waals surface area (Å²) in [5, 5.41) is 10.6. The lowest BCUT2D eigenvalue weighted by Gasteiger charge is -2.22. The number of benzene rings is 1. The van der Waals surface area contributed by atoms with Gasteiger partial charge in [-0.3, -0.25) is 19.1 Å². The second-order valence-corrected chi connectivity index (χ2v) is 7.46. The smallest absolute Gasteiger partial charge is 0.328 e. The van der Waals surface area contributed by atoms with E-state index in [4.69, 9.17) is 0 Å². The van der Waals surface area contributed by atoms with Crippen LogP contribution in [0.25, 0.3) is 0 Å². The average Bonchev–Trinajstić information content (AvgIpc) is 3.16. The average molecular weight is 409 g/mol. The fourth-order valence-electron chi connectivity index (χ4n) is 3.87. The van der Waals surface area contributed by atoms with Crippen molar-refractivity contribution in [3.63, 3.8) is 0 Å². The van der Waals surface area contributed by atoms with Gasteiger partial charge in [0.05, 0.1) is 18.5 Å². The van der Waals surface area contributed by atoms with Crippen molar-refractivity contribution in [1.82, 2.24) is 24.0 Å². The zero-order chi connectivity index (χ0) is 21.1. The van der Waals surface area contributed by atoms with Gasteiger partial charge in [-0.2, -0.15) is 0 Å². The van der Waals surface area contributed by atoms with Gasteiger partial charge in [0.25, 0.3) is 11.5 Å². The van der Waals surface area contributed by atoms with Gasteiger partial charge in [0.1, 0.15) is 0 Å². The molecule has 0 saturated carbocycles. The molecule has 156 valence electrons. The van der Waals surface area contributed by atoms with Crippen LogP contribution in [0.15, 0.2) is 64.8 Å². The Morgan fingerprint density at radius 1 is 1.17 bits per heavy atom. The molecule has 9 nitrogen and oxygen atoms in total. The molecule has 0 radical (unpaired) electrons. The number of aromatic nitrogens is 4. The van der Waals surface area contributed by atoms with E-state index in [1.807, 2.05) is 29.0 Å². The number of H-pyrrole nitrogens is 1. The van der Waals surface area contributed by atoms with Crippen LogP contribution in [0.3, 0.4) is 0 Å². The molecular formula is C21H23N5O4. The molecule has 30 heavy (non-hydrogen) atoms. The van der Waals surface area contributed by atoms with Crippen molar-refractivity contribution >= 4 is 5.91 Å². The van der Waals surface area contributed by atoms with Gasteiger partial charge < -0.3 is 14.6 Å². The van der Waals surface area contributed by atoms with E-state index in [0.717, 1.165) is 5.56 Å². The van der Waals surface area contributed by atoms with E-state index in [2.05, 4.69) is 9.97 Å². The van der Waals surface area contributed by atoms with Crippen molar-refractivity contribution in [2.24, 2.45) is 0 Å². The van der Waals surface area contributed by atoms with Crippen molar-refractivity contribution in [2.45, 2.75) is 31.5 Å². The molecule has 2 N–H and O–H groups in total. The lowest BCUT2D eigenvalue weighted by atomic mass is 10.1. The van der Waals surface area contributed by atoms with Crippen molar-refractivity contribution in [1.29, 1.82) is 0 Å². The number of aliphatic hydroxyl groups is 1. The van der Waals surface area contributed by atoms with E-state index in [1.54, 1.807) is 23.5 Å². The number of aliphatic hydroxyl groups excluding tert-OH is 1. The third kappa shape index (κ3) is 4.25. The predicted molar refractivity (Wildman–Crippen MR) is 109 cm³/mol. The van der Waals surface area contributed by atoms with Gasteiger partial charge in [-0.05, 0) is 30.5 Å². The van der Waals surface area contributed by atoms with Crippen molar-refractivity contribution in [2.75, 3.05) is 13.1 Å². The van der Waals surface area contributed by atoms with E-state index in [0.29, 0.717) is 38.0 Å². The molecule has 1 fully saturated rings. The second kappa shape index (κ2) is 8.50. The van der Waals surface area contributed by atoms with Gasteiger partial charge >= 0.3 is 5.69 Å². The highest BCUT2D eigenvalue weighted by molar-refractivity contribution is 5.94. The van der Waals surface area contributed by atoms with Crippen LogP contribution in [0.5, 0.6) is 0 Å². The first-order chi connectivity index (χ1) is 14.5. The molecule has 1 saturated heterocycles. The molecule has 1 amide bonds. The van der Waals surface area contributed by atoms with Crippen LogP contribution in [-0.2, 0) is 6.54 Å². The quantitative estimate of drug-likeness (QED) is 0.656. The van der Waals surface area contributed by atoms with Gasteiger partial charge in [0.15, 0.2) is 0 Å². The summed E-state index contributed by atoms with van der Waals surface area (Å²) in [6.45, 7) is 1.41. The third-order valence-corrected chi connectivity index (χ3v) is 5.43. The van der Waals surface area contributed by atoms with Gasteiger partial charge in [-0.15, -0.1) is 0 Å². The standard InChI is InChI=1S/C21H23N5O4/c27-18-5-9-25(8-4-17(18)26-10-6-19(28)23-21(26)30)20(29)16-3-1-2-15(12-16)13-24-11-7-22-14-24/h1-3,6-7,10-12,14,17-18,27H,4-5,8-9,13H2,(H,23,28,30)/t17-,18-/m0/s1. The Morgan fingerprint density at radius 2 is 2.00 bits per heavy atom. The summed E-state index contributed by atoms with van der Waals surface area (Å²) in [6, 6.07) is 8.22. The molecule has 1 aliphatic heterocycles. The lowest BCUT2D eigenvalue weighted by Crippen LogP contribution is -2.36. The summed E-state index contributed by atoms with van der Waals surface area (Å²) >= 11 is 0. The Bertz CT molecular complexity index is 1130. The Morgan fingerprint density at radius 3 is 2.77 bits per heavy atom. The molecule has 1 aromatic carbocycles. The van der Waals surface area contributed by atoms with Crippen LogP contribution in [-0.4, -0.2) is 54.2 Å². The number of aromatic amines is 1. The van der Waals surface area contributed by atoms with Crippen LogP contribution in [0.1, 0.15) is 34.8 Å². The number of amides is 1. The van der Waals surface area contributed by atoms with Crippen molar-refractivity contribution in [3.05, 3.63) is 87.2 Å². The summed E-state index contributed by atoms with van der Waals surface area (Å²) in [6.07, 6.45) is 6.66. The first-order valence-corrected chi connectivity index (χ1v) is 9.85. The van der Waals surface area contributed by atoms with Crippen LogP contribution in [0, 0.1) is 0 Å². The number of imidazole rings is 1. The van der Waals surface area contributed by atoms with Gasteiger partial charge in [0, 0.05) is 49.9 Å². The fraction of sp³-hybridized carbons (Fsp3) is 0.333. The maximum atomic E-state index is 13.1. The Kier molecular flexibility index (Phi) is 5.62. The molecule has 2 aromatic heterocycles. The Hall–Kier alpha value is -3.46. The molecule has 0 aliphatic carbocycles. The first-order valence-electron chi connectivity index (χ1n) is 9.85. The summed E-state index contributed by atoms with van der Waals surface area (Å²) in [5.41, 5.74) is 0.540. The van der Waals surface area contributed by atoms with E-state index in [1.165, 1.54) is 16.8 Å². The van der Waals surface area contributed by atoms with Crippen LogP contribution in [0.2, 0.25) is 0 Å². The minimum atomic E-state index is -0.793. The number of hydrogen-bond donors (Lipinski definition) is 2. The molecule has 3 heterocycles. The summed E-state index contributed by atoms with van der Waals surface area (Å²) in [7, 11) is 0. The Balaban J connectivity index is 1.49. The zero-order valence-corrected chi connectivity index (χ0v) is 16.3. The predicted octanol–water partition coefficient (Wildman–Crippen LogP) is 0.620. The highest BCUT2D eigenvalue weighted by Gasteiger charge is 2.29. The number of nitrogens with zero attached hydrogens (tertiary/aromatic N) is 4. The molecule has 0 spiro atoms. The van der Waals surface area contributed by atoms with Gasteiger partial charge in [0.2, 0.25) is 0 Å². The van der Waals surface area contributed by atoms with Crippen LogP contribution < -0.4 is 11.2 Å². The zero-order valence-electron chi connectivity index (χ0n) is 16.3. The molecule has 4 rings (SSSR count). The third-order valence-electron chi connectivity index (χ3n) is 5.43.